The molecule has 0 bridgehead atoms. The normalized spacial score (nSPS) is 11.1. The van der Waals surface area contributed by atoms with E-state index >= 15 is 0 Å². The summed E-state index contributed by atoms with van der Waals surface area (Å²) in [5.41, 5.74) is -0.508. The number of nitrogens with zero attached hydrogens (tertiary/aromatic N) is 2. The molecule has 21 heavy (non-hydrogen) atoms. The number of hydrogen-bond acceptors (Lipinski definition) is 7. The van der Waals surface area contributed by atoms with E-state index in [0.717, 1.165) is 6.07 Å². The summed E-state index contributed by atoms with van der Waals surface area (Å²) in [6.07, 6.45) is 0. The smallest absolute Gasteiger partial charge is 0.328 e. The molecule has 1 atom stereocenters. The first kappa shape index (κ1) is 16.2. The molecule has 8 nitrogen and oxygen atoms in total. The van der Waals surface area contributed by atoms with Gasteiger partial charge in [-0.05, 0) is 13.0 Å². The predicted octanol–water partition coefficient (Wildman–Crippen LogP) is 1.78. The van der Waals surface area contributed by atoms with Gasteiger partial charge in [-0.2, -0.15) is 5.26 Å². The van der Waals surface area contributed by atoms with Crippen molar-refractivity contribution in [1.29, 1.82) is 5.26 Å². The minimum Gasteiger partial charge on any atom is -0.493 e. The van der Waals surface area contributed by atoms with E-state index in [0.29, 0.717) is 0 Å². The molecular formula is C13H14N2O6. The van der Waals surface area contributed by atoms with Crippen molar-refractivity contribution < 1.29 is 23.9 Å². The molecule has 0 aliphatic carbocycles. The molecule has 8 heteroatoms. The topological polar surface area (TPSA) is 112 Å². The molecule has 0 aliphatic rings. The van der Waals surface area contributed by atoms with E-state index in [-0.39, 0.29) is 23.7 Å². The molecule has 0 heterocycles. The Bertz CT molecular complexity index is 593. The molecule has 0 aliphatic heterocycles. The number of hydrogen-bond donors (Lipinski definition) is 0. The van der Waals surface area contributed by atoms with Crippen LogP contribution in [0.5, 0.6) is 11.5 Å². The Hall–Kier alpha value is -2.82. The lowest BCUT2D eigenvalue weighted by Crippen LogP contribution is -2.16. The summed E-state index contributed by atoms with van der Waals surface area (Å²) in [6.45, 7) is 1.65. The Balaban J connectivity index is 3.48. The van der Waals surface area contributed by atoms with E-state index < -0.39 is 22.5 Å². The highest BCUT2D eigenvalue weighted by Gasteiger charge is 2.31. The SMILES string of the molecule is CCOC(=O)[C@H](C#N)c1cc(OC)c(OC)cc1[N+](=O)[O-]. The Labute approximate surface area is 121 Å². The number of nitro groups is 1. The van der Waals surface area contributed by atoms with Gasteiger partial charge in [-0.15, -0.1) is 0 Å². The van der Waals surface area contributed by atoms with Crippen LogP contribution in [0.3, 0.4) is 0 Å². The van der Waals surface area contributed by atoms with Crippen LogP contribution < -0.4 is 9.47 Å². The second-order valence-corrected chi connectivity index (χ2v) is 3.84. The van der Waals surface area contributed by atoms with Gasteiger partial charge in [0.1, 0.15) is 0 Å². The molecular weight excluding hydrogens is 280 g/mol. The lowest BCUT2D eigenvalue weighted by Gasteiger charge is -2.13. The fourth-order valence-corrected chi connectivity index (χ4v) is 1.75. The Kier molecular flexibility index (Phi) is 5.48. The number of esters is 1. The van der Waals surface area contributed by atoms with Crippen molar-refractivity contribution in [2.75, 3.05) is 20.8 Å². The number of nitriles is 1. The lowest BCUT2D eigenvalue weighted by atomic mass is 9.98. The number of carbonyl (C=O) groups excluding carboxylic acids is 1. The van der Waals surface area contributed by atoms with E-state index in [1.54, 1.807) is 13.0 Å². The molecule has 0 amide bonds. The van der Waals surface area contributed by atoms with Crippen molar-refractivity contribution in [2.24, 2.45) is 0 Å². The molecule has 1 aromatic rings. The number of carbonyl (C=O) groups is 1. The number of ether oxygens (including phenoxy) is 3. The summed E-state index contributed by atoms with van der Waals surface area (Å²) >= 11 is 0. The summed E-state index contributed by atoms with van der Waals surface area (Å²) in [5.74, 6) is -1.95. The number of benzene rings is 1. The monoisotopic (exact) mass is 294 g/mol. The van der Waals surface area contributed by atoms with Crippen LogP contribution in [0.15, 0.2) is 12.1 Å². The van der Waals surface area contributed by atoms with Crippen molar-refractivity contribution in [2.45, 2.75) is 12.8 Å². The van der Waals surface area contributed by atoms with Gasteiger partial charge in [0.25, 0.3) is 5.69 Å². The fraction of sp³-hybridized carbons (Fsp3) is 0.385. The van der Waals surface area contributed by atoms with Crippen molar-refractivity contribution in [1.82, 2.24) is 0 Å². The second kappa shape index (κ2) is 7.09. The van der Waals surface area contributed by atoms with Crippen LogP contribution in [-0.2, 0) is 9.53 Å². The standard InChI is InChI=1S/C13H14N2O6/c1-4-21-13(16)9(7-14)8-5-11(19-2)12(20-3)6-10(8)15(17)18/h5-6,9H,4H2,1-3H3/t9-/m1/s1. The largest absolute Gasteiger partial charge is 0.493 e. The van der Waals surface area contributed by atoms with Crippen molar-refractivity contribution in [3.8, 4) is 17.6 Å². The second-order valence-electron chi connectivity index (χ2n) is 3.84. The van der Waals surface area contributed by atoms with Crippen molar-refractivity contribution >= 4 is 11.7 Å². The molecule has 0 N–H and O–H groups in total. The summed E-state index contributed by atoms with van der Waals surface area (Å²) in [6, 6.07) is 4.06. The van der Waals surface area contributed by atoms with E-state index in [9.17, 15) is 14.9 Å². The van der Waals surface area contributed by atoms with E-state index in [4.69, 9.17) is 19.5 Å². The van der Waals surface area contributed by atoms with Gasteiger partial charge in [-0.1, -0.05) is 0 Å². The van der Waals surface area contributed by atoms with Crippen LogP contribution in [0, 0.1) is 21.4 Å². The van der Waals surface area contributed by atoms with E-state index in [2.05, 4.69) is 0 Å². The average Bonchev–Trinajstić information content (AvgIpc) is 2.47. The number of rotatable bonds is 6. The first-order chi connectivity index (χ1) is 9.99. The molecule has 112 valence electrons. The summed E-state index contributed by atoms with van der Waals surface area (Å²) in [7, 11) is 2.67. The Morgan fingerprint density at radius 2 is 1.95 bits per heavy atom. The third-order valence-corrected chi connectivity index (χ3v) is 2.69. The highest BCUT2D eigenvalue weighted by molar-refractivity contribution is 5.83. The van der Waals surface area contributed by atoms with Gasteiger partial charge in [0.15, 0.2) is 17.4 Å². The maximum absolute atomic E-state index is 11.8. The van der Waals surface area contributed by atoms with Gasteiger partial charge in [0, 0.05) is 0 Å². The third kappa shape index (κ3) is 3.39. The maximum atomic E-state index is 11.8. The maximum Gasteiger partial charge on any atom is 0.328 e. The van der Waals surface area contributed by atoms with Crippen LogP contribution in [-0.4, -0.2) is 31.7 Å². The average molecular weight is 294 g/mol. The van der Waals surface area contributed by atoms with Gasteiger partial charge in [0.05, 0.1) is 43.4 Å². The van der Waals surface area contributed by atoms with Gasteiger partial charge in [0.2, 0.25) is 0 Å². The zero-order valence-electron chi connectivity index (χ0n) is 11.8. The summed E-state index contributed by atoms with van der Waals surface area (Å²) in [4.78, 5) is 22.2. The third-order valence-electron chi connectivity index (χ3n) is 2.69. The van der Waals surface area contributed by atoms with Gasteiger partial charge < -0.3 is 14.2 Å². The minimum atomic E-state index is -1.41. The van der Waals surface area contributed by atoms with Gasteiger partial charge in [-0.25, -0.2) is 0 Å². The Morgan fingerprint density at radius 3 is 2.38 bits per heavy atom. The first-order valence-corrected chi connectivity index (χ1v) is 5.96. The lowest BCUT2D eigenvalue weighted by molar-refractivity contribution is -0.385. The van der Waals surface area contributed by atoms with Gasteiger partial charge >= 0.3 is 5.97 Å². The van der Waals surface area contributed by atoms with E-state index in [1.165, 1.54) is 20.3 Å². The quantitative estimate of drug-likeness (QED) is 0.446. The minimum absolute atomic E-state index is 0.0676. The molecule has 0 unspecified atom stereocenters. The van der Waals surface area contributed by atoms with Crippen molar-refractivity contribution in [3.63, 3.8) is 0 Å². The van der Waals surface area contributed by atoms with Crippen LogP contribution in [0.2, 0.25) is 0 Å². The molecule has 0 fully saturated rings. The highest BCUT2D eigenvalue weighted by atomic mass is 16.6. The first-order valence-electron chi connectivity index (χ1n) is 5.96. The molecule has 0 radical (unpaired) electrons. The number of methoxy groups -OCH3 is 2. The number of nitro benzene ring substituents is 1. The molecule has 1 rings (SSSR count). The highest BCUT2D eigenvalue weighted by Crippen LogP contribution is 2.38. The van der Waals surface area contributed by atoms with Gasteiger partial charge in [-0.3, -0.25) is 14.9 Å². The Morgan fingerprint density at radius 1 is 1.38 bits per heavy atom. The molecule has 0 saturated carbocycles. The fourth-order valence-electron chi connectivity index (χ4n) is 1.75. The molecule has 1 aromatic carbocycles. The molecule has 0 aromatic heterocycles. The van der Waals surface area contributed by atoms with Crippen LogP contribution >= 0.6 is 0 Å². The predicted molar refractivity (Wildman–Crippen MR) is 71.2 cm³/mol. The van der Waals surface area contributed by atoms with E-state index in [1.807, 2.05) is 0 Å². The zero-order chi connectivity index (χ0) is 16.0. The summed E-state index contributed by atoms with van der Waals surface area (Å²) in [5, 5.41) is 20.3. The van der Waals surface area contributed by atoms with Crippen LogP contribution in [0.4, 0.5) is 5.69 Å². The zero-order valence-corrected chi connectivity index (χ0v) is 11.8. The summed E-state index contributed by atoms with van der Waals surface area (Å²) < 4.78 is 14.8. The molecule has 0 spiro atoms. The van der Waals surface area contributed by atoms with Crippen molar-refractivity contribution in [3.05, 3.63) is 27.8 Å². The van der Waals surface area contributed by atoms with Crippen LogP contribution in [0.1, 0.15) is 18.4 Å². The molecule has 0 saturated heterocycles. The van der Waals surface area contributed by atoms with Crippen LogP contribution in [0.25, 0.3) is 0 Å².